The lowest BCUT2D eigenvalue weighted by Crippen LogP contribution is -2.54. The Balaban J connectivity index is 1.54. The van der Waals surface area contributed by atoms with Crippen molar-refractivity contribution in [2.75, 3.05) is 11.7 Å². The summed E-state index contributed by atoms with van der Waals surface area (Å²) in [4.78, 5) is 43.3. The third-order valence-electron chi connectivity index (χ3n) is 5.39. The Morgan fingerprint density at radius 2 is 1.84 bits per heavy atom. The molecule has 1 aromatic carbocycles. The van der Waals surface area contributed by atoms with Crippen LogP contribution < -0.4 is 19.7 Å². The Labute approximate surface area is 182 Å². The van der Waals surface area contributed by atoms with Crippen molar-refractivity contribution in [2.24, 2.45) is 0 Å². The molecule has 0 atom stereocenters. The highest BCUT2D eigenvalue weighted by Crippen LogP contribution is 2.36. The number of aromatic nitrogens is 2. The van der Waals surface area contributed by atoms with Gasteiger partial charge in [0, 0.05) is 23.7 Å². The van der Waals surface area contributed by atoms with Crippen LogP contribution >= 0.6 is 0 Å². The molecule has 5 rings (SSSR count). The number of rotatable bonds is 3. The number of anilines is 1. The number of carbonyl (C=O) groups is 3. The van der Waals surface area contributed by atoms with E-state index in [1.54, 1.807) is 24.5 Å². The number of imide groups is 2. The number of carbonyl (C=O) groups excluding carboxylic acids is 3. The molecule has 1 fully saturated rings. The second-order valence-electron chi connectivity index (χ2n) is 7.37. The molecule has 0 spiro atoms. The summed E-state index contributed by atoms with van der Waals surface area (Å²) in [6.45, 7) is 3.88. The van der Waals surface area contributed by atoms with Crippen LogP contribution in [-0.4, -0.2) is 34.2 Å². The number of nitrogens with zero attached hydrogens (tertiary/aromatic N) is 3. The Kier molecular flexibility index (Phi) is 4.51. The lowest BCUT2D eigenvalue weighted by atomic mass is 10.1. The van der Waals surface area contributed by atoms with E-state index in [0.717, 1.165) is 22.0 Å². The van der Waals surface area contributed by atoms with Gasteiger partial charge in [-0.2, -0.15) is 0 Å². The van der Waals surface area contributed by atoms with Crippen molar-refractivity contribution >= 4 is 29.6 Å². The molecule has 9 nitrogen and oxygen atoms in total. The van der Waals surface area contributed by atoms with E-state index in [0.29, 0.717) is 17.1 Å². The maximum Gasteiger partial charge on any atom is 0.335 e. The molecular formula is C23H18N4O5. The molecule has 3 aromatic rings. The maximum absolute atomic E-state index is 13.2. The third kappa shape index (κ3) is 3.11. The molecule has 0 aliphatic carbocycles. The van der Waals surface area contributed by atoms with Gasteiger partial charge in [0.05, 0.1) is 17.6 Å². The van der Waals surface area contributed by atoms with Crippen LogP contribution in [0.25, 0.3) is 11.8 Å². The minimum absolute atomic E-state index is 0.0646. The maximum atomic E-state index is 13.2. The predicted molar refractivity (Wildman–Crippen MR) is 115 cm³/mol. The van der Waals surface area contributed by atoms with Crippen molar-refractivity contribution in [2.45, 2.75) is 13.8 Å². The average molecular weight is 430 g/mol. The van der Waals surface area contributed by atoms with Crippen LogP contribution in [0.2, 0.25) is 0 Å². The van der Waals surface area contributed by atoms with Gasteiger partial charge in [0.1, 0.15) is 5.57 Å². The number of aryl methyl sites for hydroxylation is 1. The van der Waals surface area contributed by atoms with Crippen molar-refractivity contribution in [1.29, 1.82) is 0 Å². The molecular weight excluding hydrogens is 412 g/mol. The monoisotopic (exact) mass is 430 g/mol. The lowest BCUT2D eigenvalue weighted by Gasteiger charge is -2.26. The second-order valence-corrected chi connectivity index (χ2v) is 7.37. The van der Waals surface area contributed by atoms with Crippen LogP contribution in [0.4, 0.5) is 10.5 Å². The molecule has 2 aliphatic heterocycles. The highest BCUT2D eigenvalue weighted by atomic mass is 16.7. The Morgan fingerprint density at radius 1 is 1.03 bits per heavy atom. The molecule has 0 saturated carbocycles. The van der Waals surface area contributed by atoms with Crippen LogP contribution in [0, 0.1) is 13.8 Å². The summed E-state index contributed by atoms with van der Waals surface area (Å²) in [6, 6.07) is 9.50. The van der Waals surface area contributed by atoms with Gasteiger partial charge in [0.25, 0.3) is 11.8 Å². The Morgan fingerprint density at radius 3 is 2.62 bits per heavy atom. The molecule has 0 bridgehead atoms. The zero-order valence-electron chi connectivity index (χ0n) is 17.3. The SMILES string of the molecule is Cc1cc(/C=C2/C(=O)NC(=O)N(c3ccc4c(c3)OCO4)C2=O)c(C)n1-c1cccnc1. The van der Waals surface area contributed by atoms with Gasteiger partial charge in [-0.15, -0.1) is 0 Å². The first kappa shape index (κ1) is 19.6. The standard InChI is InChI=1S/C23H18N4O5/c1-13-8-15(14(2)26(13)17-4-3-7-24-11-17)9-18-21(28)25-23(30)27(22(18)29)16-5-6-19-20(10-16)32-12-31-19/h3-11H,12H2,1-2H3,(H,25,28,30)/b18-9-. The summed E-state index contributed by atoms with van der Waals surface area (Å²) >= 11 is 0. The third-order valence-corrected chi connectivity index (χ3v) is 5.39. The molecule has 2 aromatic heterocycles. The van der Waals surface area contributed by atoms with Crippen molar-refractivity contribution in [3.05, 3.63) is 71.3 Å². The van der Waals surface area contributed by atoms with Crippen molar-refractivity contribution in [3.63, 3.8) is 0 Å². The van der Waals surface area contributed by atoms with Crippen LogP contribution in [0.15, 0.2) is 54.4 Å². The van der Waals surface area contributed by atoms with Gasteiger partial charge in [-0.1, -0.05) is 0 Å². The molecule has 4 amide bonds. The molecule has 32 heavy (non-hydrogen) atoms. The van der Waals surface area contributed by atoms with Crippen LogP contribution in [0.5, 0.6) is 11.5 Å². The molecule has 1 saturated heterocycles. The zero-order valence-corrected chi connectivity index (χ0v) is 17.3. The number of barbiturate groups is 1. The van der Waals surface area contributed by atoms with Gasteiger partial charge in [-0.3, -0.25) is 19.9 Å². The van der Waals surface area contributed by atoms with Crippen LogP contribution in [-0.2, 0) is 9.59 Å². The molecule has 0 radical (unpaired) electrons. The van der Waals surface area contributed by atoms with E-state index in [9.17, 15) is 14.4 Å². The molecule has 1 N–H and O–H groups in total. The first-order chi connectivity index (χ1) is 15.4. The molecule has 0 unspecified atom stereocenters. The Bertz CT molecular complexity index is 1310. The molecule has 160 valence electrons. The normalized spacial score (nSPS) is 16.6. The van der Waals surface area contributed by atoms with Crippen LogP contribution in [0.3, 0.4) is 0 Å². The number of amides is 4. The number of nitrogens with one attached hydrogen (secondary N) is 1. The minimum atomic E-state index is -0.822. The van der Waals surface area contributed by atoms with E-state index in [1.807, 2.05) is 36.6 Å². The van der Waals surface area contributed by atoms with Crippen LogP contribution in [0.1, 0.15) is 17.0 Å². The average Bonchev–Trinajstić information content (AvgIpc) is 3.35. The number of ether oxygens (including phenoxy) is 2. The summed E-state index contributed by atoms with van der Waals surface area (Å²) in [5.74, 6) is -0.522. The summed E-state index contributed by atoms with van der Waals surface area (Å²) < 4.78 is 12.6. The van der Waals surface area contributed by atoms with E-state index in [-0.39, 0.29) is 18.1 Å². The van der Waals surface area contributed by atoms with Gasteiger partial charge in [-0.05, 0) is 55.8 Å². The summed E-state index contributed by atoms with van der Waals surface area (Å²) in [5, 5.41) is 2.24. The highest BCUT2D eigenvalue weighted by molar-refractivity contribution is 6.39. The number of hydrogen-bond donors (Lipinski definition) is 1. The molecule has 4 heterocycles. The number of fused-ring (bicyclic) bond motifs is 1. The summed E-state index contributed by atoms with van der Waals surface area (Å²) in [6.07, 6.45) is 4.92. The summed E-state index contributed by atoms with van der Waals surface area (Å²) in [5.41, 5.74) is 3.42. The van der Waals surface area contributed by atoms with E-state index < -0.39 is 17.8 Å². The van der Waals surface area contributed by atoms with E-state index in [4.69, 9.17) is 9.47 Å². The van der Waals surface area contributed by atoms with Crippen molar-refractivity contribution in [3.8, 4) is 17.2 Å². The van der Waals surface area contributed by atoms with Gasteiger partial charge < -0.3 is 14.0 Å². The fourth-order valence-corrected chi connectivity index (χ4v) is 3.89. The van der Waals surface area contributed by atoms with Crippen molar-refractivity contribution < 1.29 is 23.9 Å². The lowest BCUT2D eigenvalue weighted by molar-refractivity contribution is -0.122. The molecule has 9 heteroatoms. The summed E-state index contributed by atoms with van der Waals surface area (Å²) in [7, 11) is 0. The topological polar surface area (TPSA) is 103 Å². The predicted octanol–water partition coefficient (Wildman–Crippen LogP) is 2.88. The van der Waals surface area contributed by atoms with Crippen molar-refractivity contribution in [1.82, 2.24) is 14.9 Å². The number of urea groups is 1. The van der Waals surface area contributed by atoms with Gasteiger partial charge in [0.2, 0.25) is 6.79 Å². The smallest absolute Gasteiger partial charge is 0.335 e. The number of benzene rings is 1. The first-order valence-electron chi connectivity index (χ1n) is 9.84. The largest absolute Gasteiger partial charge is 0.454 e. The molecule has 2 aliphatic rings. The second kappa shape index (κ2) is 7.38. The van der Waals surface area contributed by atoms with E-state index >= 15 is 0 Å². The highest BCUT2D eigenvalue weighted by Gasteiger charge is 2.37. The quantitative estimate of drug-likeness (QED) is 0.506. The Hall–Kier alpha value is -4.40. The number of hydrogen-bond acceptors (Lipinski definition) is 6. The zero-order chi connectivity index (χ0) is 22.4. The minimum Gasteiger partial charge on any atom is -0.454 e. The van der Waals surface area contributed by atoms with Gasteiger partial charge >= 0.3 is 6.03 Å². The van der Waals surface area contributed by atoms with Gasteiger partial charge in [-0.25, -0.2) is 9.69 Å². The fraction of sp³-hybridized carbons (Fsp3) is 0.130. The van der Waals surface area contributed by atoms with E-state index in [1.165, 1.54) is 12.1 Å². The first-order valence-corrected chi connectivity index (χ1v) is 9.84. The fourth-order valence-electron chi connectivity index (χ4n) is 3.89. The van der Waals surface area contributed by atoms with E-state index in [2.05, 4.69) is 10.3 Å². The van der Waals surface area contributed by atoms with Gasteiger partial charge in [0.15, 0.2) is 11.5 Å². The number of pyridine rings is 1.